The number of thioether (sulfide) groups is 1. The first kappa shape index (κ1) is 19.8. The van der Waals surface area contributed by atoms with Gasteiger partial charge in [0.2, 0.25) is 11.6 Å². The maximum atomic E-state index is 12.3. The third kappa shape index (κ3) is 4.45. The average molecular weight is 399 g/mol. The molecule has 0 radical (unpaired) electrons. The molecule has 3 rings (SSSR count). The van der Waals surface area contributed by atoms with Crippen molar-refractivity contribution in [3.63, 3.8) is 0 Å². The lowest BCUT2D eigenvalue weighted by atomic mass is 10.1. The fourth-order valence-corrected chi connectivity index (χ4v) is 3.48. The number of ether oxygens (including phenoxy) is 1. The van der Waals surface area contributed by atoms with Crippen LogP contribution < -0.4 is 19.8 Å². The highest BCUT2D eigenvalue weighted by Gasteiger charge is 2.21. The van der Waals surface area contributed by atoms with E-state index < -0.39 is 5.95 Å². The molecule has 0 bridgehead atoms. The van der Waals surface area contributed by atoms with Crippen molar-refractivity contribution in [2.75, 3.05) is 18.2 Å². The van der Waals surface area contributed by atoms with Crippen LogP contribution in [0.4, 0.5) is 5.69 Å². The number of methoxy groups -OCH3 is 1. The quantitative estimate of drug-likeness (QED) is 0.485. The van der Waals surface area contributed by atoms with Crippen LogP contribution >= 0.6 is 11.8 Å². The van der Waals surface area contributed by atoms with Crippen LogP contribution in [0.15, 0.2) is 52.0 Å². The Morgan fingerprint density at radius 2 is 2.00 bits per heavy atom. The Balaban J connectivity index is 1.62. The van der Waals surface area contributed by atoms with Crippen LogP contribution in [0.5, 0.6) is 11.7 Å². The first-order valence-corrected chi connectivity index (χ1v) is 9.70. The molecule has 1 aromatic heterocycles. The predicted molar refractivity (Wildman–Crippen MR) is 104 cm³/mol. The fourth-order valence-electron chi connectivity index (χ4n) is 2.59. The summed E-state index contributed by atoms with van der Waals surface area (Å²) in [5.74, 6) is 0.480. The maximum absolute atomic E-state index is 12.3. The summed E-state index contributed by atoms with van der Waals surface area (Å²) >= 11 is 1.23. The van der Waals surface area contributed by atoms with Gasteiger partial charge in [-0.3, -0.25) is 4.79 Å². The zero-order valence-electron chi connectivity index (χ0n) is 15.9. The zero-order chi connectivity index (χ0) is 20.1. The summed E-state index contributed by atoms with van der Waals surface area (Å²) in [4.78, 5) is 12.3. The van der Waals surface area contributed by atoms with E-state index in [9.17, 15) is 9.90 Å². The molecule has 0 saturated carbocycles. The minimum Gasteiger partial charge on any atom is -0.538 e. The van der Waals surface area contributed by atoms with Gasteiger partial charge in [0.15, 0.2) is 5.95 Å². The molecule has 0 aliphatic heterocycles. The van der Waals surface area contributed by atoms with Crippen LogP contribution in [0.3, 0.4) is 0 Å². The summed E-state index contributed by atoms with van der Waals surface area (Å²) in [5, 5.41) is 19.0. The van der Waals surface area contributed by atoms with E-state index in [-0.39, 0.29) is 12.3 Å². The van der Waals surface area contributed by atoms with Crippen molar-refractivity contribution >= 4 is 23.4 Å². The second kappa shape index (κ2) is 8.79. The SMILES string of the molecule is COc1ccc(-[n+]2noc([O-])c2SCCC(=O)Nc2cccc(C)c2C)cc1. The molecule has 7 nitrogen and oxygen atoms in total. The fraction of sp³-hybridized carbons (Fsp3) is 0.250. The lowest BCUT2D eigenvalue weighted by Crippen LogP contribution is -2.34. The molecule has 1 amide bonds. The van der Waals surface area contributed by atoms with E-state index in [1.807, 2.05) is 32.0 Å². The molecule has 0 atom stereocenters. The van der Waals surface area contributed by atoms with Crippen molar-refractivity contribution < 1.29 is 23.8 Å². The van der Waals surface area contributed by atoms with Crippen LogP contribution in [0.2, 0.25) is 0 Å². The Kier molecular flexibility index (Phi) is 6.20. The van der Waals surface area contributed by atoms with Crippen LogP contribution in [-0.2, 0) is 4.79 Å². The highest BCUT2D eigenvalue weighted by atomic mass is 32.2. The van der Waals surface area contributed by atoms with Gasteiger partial charge in [-0.15, -0.1) is 0 Å². The Hall–Kier alpha value is -3.00. The lowest BCUT2D eigenvalue weighted by molar-refractivity contribution is -0.705. The van der Waals surface area contributed by atoms with E-state index in [4.69, 9.17) is 9.26 Å². The summed E-state index contributed by atoms with van der Waals surface area (Å²) in [6, 6.07) is 12.9. The Morgan fingerprint density at radius 1 is 1.25 bits per heavy atom. The maximum Gasteiger partial charge on any atom is 0.297 e. The predicted octanol–water partition coefficient (Wildman–Crippen LogP) is 2.77. The van der Waals surface area contributed by atoms with E-state index in [2.05, 4.69) is 10.6 Å². The largest absolute Gasteiger partial charge is 0.538 e. The van der Waals surface area contributed by atoms with Gasteiger partial charge < -0.3 is 19.7 Å². The van der Waals surface area contributed by atoms with E-state index in [0.29, 0.717) is 22.2 Å². The molecule has 0 aliphatic rings. The summed E-state index contributed by atoms with van der Waals surface area (Å²) in [6.45, 7) is 3.97. The first-order valence-electron chi connectivity index (χ1n) is 8.72. The molecule has 3 aromatic rings. The summed E-state index contributed by atoms with van der Waals surface area (Å²) in [7, 11) is 1.58. The number of aromatic nitrogens is 2. The van der Waals surface area contributed by atoms with Gasteiger partial charge in [0, 0.05) is 30.0 Å². The number of hydrogen-bond acceptors (Lipinski definition) is 6. The number of hydrogen-bond donors (Lipinski definition) is 1. The highest BCUT2D eigenvalue weighted by Crippen LogP contribution is 2.25. The van der Waals surface area contributed by atoms with Gasteiger partial charge in [-0.2, -0.15) is 0 Å². The van der Waals surface area contributed by atoms with E-state index in [1.54, 1.807) is 31.4 Å². The molecule has 0 saturated heterocycles. The van der Waals surface area contributed by atoms with Gasteiger partial charge in [-0.25, -0.2) is 0 Å². The smallest absolute Gasteiger partial charge is 0.297 e. The molecule has 0 spiro atoms. The van der Waals surface area contributed by atoms with Crippen molar-refractivity contribution in [1.29, 1.82) is 0 Å². The molecule has 8 heteroatoms. The van der Waals surface area contributed by atoms with Crippen LogP contribution in [0.25, 0.3) is 5.69 Å². The van der Waals surface area contributed by atoms with Crippen molar-refractivity contribution in [1.82, 2.24) is 5.27 Å². The Labute approximate surface area is 167 Å². The van der Waals surface area contributed by atoms with Crippen LogP contribution in [-0.4, -0.2) is 24.0 Å². The van der Waals surface area contributed by atoms with E-state index in [1.165, 1.54) is 16.4 Å². The number of aryl methyl sites for hydroxylation is 1. The molecule has 28 heavy (non-hydrogen) atoms. The molecule has 0 fully saturated rings. The third-order valence-corrected chi connectivity index (χ3v) is 5.36. The van der Waals surface area contributed by atoms with Gasteiger partial charge in [-0.05, 0) is 47.9 Å². The number of carbonyl (C=O) groups excluding carboxylic acids is 1. The monoisotopic (exact) mass is 399 g/mol. The second-order valence-electron chi connectivity index (χ2n) is 6.17. The molecule has 0 unspecified atom stereocenters. The second-order valence-corrected chi connectivity index (χ2v) is 7.25. The molecule has 146 valence electrons. The van der Waals surface area contributed by atoms with Gasteiger partial charge in [0.25, 0.3) is 5.03 Å². The van der Waals surface area contributed by atoms with Gasteiger partial charge >= 0.3 is 0 Å². The number of anilines is 1. The number of nitrogens with one attached hydrogen (secondary N) is 1. The number of rotatable bonds is 7. The lowest BCUT2D eigenvalue weighted by Gasteiger charge is -2.09. The van der Waals surface area contributed by atoms with Gasteiger partial charge in [0.05, 0.1) is 12.4 Å². The zero-order valence-corrected chi connectivity index (χ0v) is 16.7. The molecule has 1 heterocycles. The minimum atomic E-state index is -0.532. The molecular weight excluding hydrogens is 378 g/mol. The highest BCUT2D eigenvalue weighted by molar-refractivity contribution is 7.99. The van der Waals surface area contributed by atoms with Crippen LogP contribution in [0.1, 0.15) is 17.5 Å². The summed E-state index contributed by atoms with van der Waals surface area (Å²) in [6.07, 6.45) is 0.255. The Bertz CT molecular complexity index is 970. The Morgan fingerprint density at radius 3 is 2.71 bits per heavy atom. The van der Waals surface area contributed by atoms with Crippen molar-refractivity contribution in [3.8, 4) is 17.4 Å². The molecular formula is C20H21N3O4S. The number of nitrogens with zero attached hydrogens (tertiary/aromatic N) is 2. The molecule has 0 aliphatic carbocycles. The average Bonchev–Trinajstić information content (AvgIpc) is 3.06. The third-order valence-electron chi connectivity index (χ3n) is 4.34. The summed E-state index contributed by atoms with van der Waals surface area (Å²) in [5.41, 5.74) is 3.64. The summed E-state index contributed by atoms with van der Waals surface area (Å²) < 4.78 is 11.4. The van der Waals surface area contributed by atoms with Gasteiger partial charge in [0.1, 0.15) is 5.75 Å². The van der Waals surface area contributed by atoms with Crippen LogP contribution in [0, 0.1) is 13.8 Å². The number of benzene rings is 2. The van der Waals surface area contributed by atoms with Crippen molar-refractivity contribution in [2.24, 2.45) is 0 Å². The standard InChI is InChI=1S/C20H21N3O4S/c1-13-5-4-6-17(14(13)2)21-18(24)11-12-28-19-20(25)27-22-23(19)15-7-9-16(26-3)10-8-15/h4-10H,11-12H2,1-3H3,(H-,21,22,24,25). The van der Waals surface area contributed by atoms with E-state index in [0.717, 1.165) is 16.8 Å². The van der Waals surface area contributed by atoms with Gasteiger partial charge in [-0.1, -0.05) is 23.9 Å². The van der Waals surface area contributed by atoms with E-state index >= 15 is 0 Å². The normalized spacial score (nSPS) is 10.7. The number of amides is 1. The van der Waals surface area contributed by atoms with Crippen molar-refractivity contribution in [2.45, 2.75) is 25.3 Å². The molecule has 1 N–H and O–H groups in total. The van der Waals surface area contributed by atoms with Crippen molar-refractivity contribution in [3.05, 3.63) is 53.6 Å². The first-order chi connectivity index (χ1) is 13.5. The number of carbonyl (C=O) groups is 1. The molecule has 2 aromatic carbocycles. The topological polar surface area (TPSA) is 91.3 Å². The minimum absolute atomic E-state index is 0.110.